The zero-order chi connectivity index (χ0) is 18.4. The van der Waals surface area contributed by atoms with Crippen LogP contribution in [0, 0.1) is 6.92 Å². The Kier molecular flexibility index (Phi) is 6.61. The zero-order valence-electron chi connectivity index (χ0n) is 14.9. The molecule has 2 rings (SSSR count). The minimum atomic E-state index is -0.309. The van der Waals surface area contributed by atoms with Gasteiger partial charge in [0.25, 0.3) is 5.91 Å². The minimum absolute atomic E-state index is 0.0320. The van der Waals surface area contributed by atoms with Gasteiger partial charge in [-0.05, 0) is 52.0 Å². The molecule has 0 aliphatic carbocycles. The molecule has 0 spiro atoms. The fourth-order valence-corrected chi connectivity index (χ4v) is 3.57. The molecule has 1 aromatic heterocycles. The summed E-state index contributed by atoms with van der Waals surface area (Å²) in [7, 11) is 0. The normalized spacial score (nSPS) is 11.2. The molecular weight excluding hydrogens is 354 g/mol. The Morgan fingerprint density at radius 3 is 2.44 bits per heavy atom. The molecule has 0 saturated heterocycles. The first kappa shape index (κ1) is 19.5. The van der Waals surface area contributed by atoms with E-state index < -0.39 is 0 Å². The van der Waals surface area contributed by atoms with Crippen LogP contribution in [0.15, 0.2) is 34.5 Å². The van der Waals surface area contributed by atoms with Gasteiger partial charge < -0.3 is 10.6 Å². The van der Waals surface area contributed by atoms with E-state index in [0.29, 0.717) is 5.56 Å². The summed E-state index contributed by atoms with van der Waals surface area (Å²) >= 11 is 3.33. The van der Waals surface area contributed by atoms with Crippen LogP contribution < -0.4 is 10.6 Å². The van der Waals surface area contributed by atoms with E-state index in [2.05, 4.69) is 21.0 Å². The Morgan fingerprint density at radius 2 is 1.88 bits per heavy atom. The van der Waals surface area contributed by atoms with Gasteiger partial charge in [-0.3, -0.25) is 9.59 Å². The molecule has 1 heterocycles. The largest absolute Gasteiger partial charge is 0.350 e. The summed E-state index contributed by atoms with van der Waals surface area (Å²) in [5.41, 5.74) is 1.30. The molecule has 0 unspecified atom stereocenters. The standard InChI is InChI=1S/C18H23N3O2S2/c1-12-20-14(10-24-12)11-25-15-7-5-13(6-8-15)17(23)19-9-16(22)21-18(2,3)4/h5-8,10H,9,11H2,1-4H3,(H,19,23)(H,21,22). The van der Waals surface area contributed by atoms with E-state index in [1.54, 1.807) is 35.2 Å². The van der Waals surface area contributed by atoms with Crippen LogP contribution in [-0.4, -0.2) is 28.9 Å². The van der Waals surface area contributed by atoms with Crippen molar-refractivity contribution in [1.82, 2.24) is 15.6 Å². The van der Waals surface area contributed by atoms with E-state index in [1.165, 1.54) is 0 Å². The van der Waals surface area contributed by atoms with Gasteiger partial charge in [0.1, 0.15) is 0 Å². The zero-order valence-corrected chi connectivity index (χ0v) is 16.5. The van der Waals surface area contributed by atoms with Gasteiger partial charge in [0.05, 0.1) is 17.2 Å². The Morgan fingerprint density at radius 1 is 1.20 bits per heavy atom. The average molecular weight is 378 g/mol. The van der Waals surface area contributed by atoms with E-state index in [1.807, 2.05) is 39.8 Å². The highest BCUT2D eigenvalue weighted by molar-refractivity contribution is 7.98. The lowest BCUT2D eigenvalue weighted by Crippen LogP contribution is -2.45. The molecule has 2 aromatic rings. The van der Waals surface area contributed by atoms with Crippen LogP contribution in [-0.2, 0) is 10.5 Å². The molecule has 0 aliphatic rings. The SMILES string of the molecule is Cc1nc(CSc2ccc(C(=O)NCC(=O)NC(C)(C)C)cc2)cs1. The summed E-state index contributed by atoms with van der Waals surface area (Å²) in [6, 6.07) is 7.36. The summed E-state index contributed by atoms with van der Waals surface area (Å²) in [5.74, 6) is 0.352. The van der Waals surface area contributed by atoms with Gasteiger partial charge in [-0.15, -0.1) is 23.1 Å². The van der Waals surface area contributed by atoms with Crippen LogP contribution in [0.25, 0.3) is 0 Å². The number of aryl methyl sites for hydroxylation is 1. The lowest BCUT2D eigenvalue weighted by molar-refractivity contribution is -0.121. The number of rotatable bonds is 6. The number of benzene rings is 1. The van der Waals surface area contributed by atoms with Crippen molar-refractivity contribution in [3.8, 4) is 0 Å². The molecule has 2 amide bonds. The molecule has 0 atom stereocenters. The first-order chi connectivity index (χ1) is 11.7. The topological polar surface area (TPSA) is 71.1 Å². The van der Waals surface area contributed by atoms with Crippen molar-refractivity contribution in [2.24, 2.45) is 0 Å². The lowest BCUT2D eigenvalue weighted by atomic mass is 10.1. The van der Waals surface area contributed by atoms with E-state index >= 15 is 0 Å². The van der Waals surface area contributed by atoms with E-state index in [9.17, 15) is 9.59 Å². The summed E-state index contributed by atoms with van der Waals surface area (Å²) in [6.45, 7) is 7.66. The first-order valence-corrected chi connectivity index (χ1v) is 9.82. The number of amides is 2. The Hall–Kier alpha value is -1.86. The number of thiazole rings is 1. The molecule has 5 nitrogen and oxygen atoms in total. The third-order valence-electron chi connectivity index (χ3n) is 3.09. The highest BCUT2D eigenvalue weighted by atomic mass is 32.2. The minimum Gasteiger partial charge on any atom is -0.350 e. The molecule has 0 bridgehead atoms. The lowest BCUT2D eigenvalue weighted by Gasteiger charge is -2.20. The number of nitrogens with zero attached hydrogens (tertiary/aromatic N) is 1. The number of nitrogens with one attached hydrogen (secondary N) is 2. The summed E-state index contributed by atoms with van der Waals surface area (Å²) in [4.78, 5) is 29.3. The molecule has 0 saturated carbocycles. The van der Waals surface area contributed by atoms with Gasteiger partial charge >= 0.3 is 0 Å². The molecular formula is C18H23N3O2S2. The second kappa shape index (κ2) is 8.49. The van der Waals surface area contributed by atoms with Crippen molar-refractivity contribution >= 4 is 34.9 Å². The smallest absolute Gasteiger partial charge is 0.251 e. The number of carbonyl (C=O) groups is 2. The predicted molar refractivity (Wildman–Crippen MR) is 103 cm³/mol. The van der Waals surface area contributed by atoms with Gasteiger partial charge in [0.2, 0.25) is 5.91 Å². The highest BCUT2D eigenvalue weighted by Gasteiger charge is 2.14. The van der Waals surface area contributed by atoms with Crippen LogP contribution in [0.3, 0.4) is 0 Å². The first-order valence-electron chi connectivity index (χ1n) is 7.96. The van der Waals surface area contributed by atoms with Crippen molar-refractivity contribution in [3.05, 3.63) is 45.9 Å². The quantitative estimate of drug-likeness (QED) is 0.757. The number of hydrogen-bond acceptors (Lipinski definition) is 5. The summed E-state index contributed by atoms with van der Waals surface area (Å²) in [5, 5.41) is 8.57. The molecule has 0 radical (unpaired) electrons. The molecule has 25 heavy (non-hydrogen) atoms. The Labute approximate surface area is 156 Å². The molecule has 0 fully saturated rings. The van der Waals surface area contributed by atoms with Crippen molar-refractivity contribution < 1.29 is 9.59 Å². The van der Waals surface area contributed by atoms with Gasteiger partial charge in [-0.25, -0.2) is 4.98 Å². The van der Waals surface area contributed by atoms with Crippen LogP contribution in [0.1, 0.15) is 41.8 Å². The fraction of sp³-hybridized carbons (Fsp3) is 0.389. The van der Waals surface area contributed by atoms with Crippen LogP contribution in [0.4, 0.5) is 0 Å². The second-order valence-electron chi connectivity index (χ2n) is 6.65. The van der Waals surface area contributed by atoms with E-state index in [0.717, 1.165) is 21.3 Å². The van der Waals surface area contributed by atoms with Crippen molar-refractivity contribution in [2.45, 2.75) is 43.9 Å². The summed E-state index contributed by atoms with van der Waals surface area (Å²) in [6.07, 6.45) is 0. The third-order valence-corrected chi connectivity index (χ3v) is 4.96. The van der Waals surface area contributed by atoms with Gasteiger partial charge in [0.15, 0.2) is 0 Å². The summed E-state index contributed by atoms with van der Waals surface area (Å²) < 4.78 is 0. The van der Waals surface area contributed by atoms with E-state index in [4.69, 9.17) is 0 Å². The Balaban J connectivity index is 1.82. The van der Waals surface area contributed by atoms with Crippen molar-refractivity contribution in [2.75, 3.05) is 6.54 Å². The average Bonchev–Trinajstić information content (AvgIpc) is 2.95. The monoisotopic (exact) mass is 377 g/mol. The highest BCUT2D eigenvalue weighted by Crippen LogP contribution is 2.23. The van der Waals surface area contributed by atoms with Crippen LogP contribution in [0.2, 0.25) is 0 Å². The van der Waals surface area contributed by atoms with Gasteiger partial charge in [-0.2, -0.15) is 0 Å². The molecule has 0 aliphatic heterocycles. The Bertz CT molecular complexity index is 734. The molecule has 2 N–H and O–H groups in total. The maximum absolute atomic E-state index is 12.1. The fourth-order valence-electron chi connectivity index (χ4n) is 2.06. The molecule has 7 heteroatoms. The number of carbonyl (C=O) groups excluding carboxylic acids is 2. The van der Waals surface area contributed by atoms with Gasteiger partial charge in [0, 0.05) is 27.1 Å². The maximum atomic E-state index is 12.1. The van der Waals surface area contributed by atoms with Crippen LogP contribution >= 0.6 is 23.1 Å². The predicted octanol–water partition coefficient (Wildman–Crippen LogP) is 3.39. The number of thioether (sulfide) groups is 1. The van der Waals surface area contributed by atoms with Crippen LogP contribution in [0.5, 0.6) is 0 Å². The second-order valence-corrected chi connectivity index (χ2v) is 8.76. The van der Waals surface area contributed by atoms with Crippen molar-refractivity contribution in [3.63, 3.8) is 0 Å². The van der Waals surface area contributed by atoms with Crippen molar-refractivity contribution in [1.29, 1.82) is 0 Å². The molecule has 134 valence electrons. The maximum Gasteiger partial charge on any atom is 0.251 e. The molecule has 1 aromatic carbocycles. The van der Waals surface area contributed by atoms with Gasteiger partial charge in [-0.1, -0.05) is 0 Å². The number of aromatic nitrogens is 1. The third kappa shape index (κ3) is 6.88. The van der Waals surface area contributed by atoms with E-state index in [-0.39, 0.29) is 23.9 Å². The number of hydrogen-bond donors (Lipinski definition) is 2.